The van der Waals surface area contributed by atoms with Crippen LogP contribution < -0.4 is 0 Å². The highest BCUT2D eigenvalue weighted by atomic mass is 16.5. The van der Waals surface area contributed by atoms with Gasteiger partial charge in [-0.3, -0.25) is 14.5 Å². The zero-order chi connectivity index (χ0) is 41.0. The Morgan fingerprint density at radius 1 is 0.411 bits per heavy atom. The fourth-order valence-corrected chi connectivity index (χ4v) is 7.64. The maximum atomic E-state index is 12.8. The van der Waals surface area contributed by atoms with Crippen LogP contribution in [0.4, 0.5) is 0 Å². The number of esters is 2. The Balaban J connectivity index is 4.42. The molecule has 0 aliphatic carbocycles. The quantitative estimate of drug-likeness (QED) is 0.0464. The van der Waals surface area contributed by atoms with Crippen LogP contribution in [0.5, 0.6) is 0 Å². The van der Waals surface area contributed by atoms with Crippen molar-refractivity contribution in [2.75, 3.05) is 59.1 Å². The van der Waals surface area contributed by atoms with Gasteiger partial charge in [-0.1, -0.05) is 162 Å². The van der Waals surface area contributed by atoms with Gasteiger partial charge in [0.1, 0.15) is 6.10 Å². The molecule has 0 aromatic heterocycles. The van der Waals surface area contributed by atoms with Gasteiger partial charge in [-0.25, -0.2) is 0 Å². The first-order chi connectivity index (χ1) is 27.5. The molecule has 8 heteroatoms. The van der Waals surface area contributed by atoms with E-state index in [0.717, 1.165) is 103 Å². The van der Waals surface area contributed by atoms with Crippen LogP contribution in [0.2, 0.25) is 0 Å². The Labute approximate surface area is 348 Å². The average molecular weight is 797 g/mol. The molecule has 56 heavy (non-hydrogen) atoms. The summed E-state index contributed by atoms with van der Waals surface area (Å²) in [6.07, 6.45) is 38.1. The van der Waals surface area contributed by atoms with E-state index < -0.39 is 0 Å². The van der Waals surface area contributed by atoms with Crippen molar-refractivity contribution in [2.24, 2.45) is 0 Å². The van der Waals surface area contributed by atoms with E-state index in [2.05, 4.69) is 30.6 Å². The van der Waals surface area contributed by atoms with Gasteiger partial charge in [-0.15, -0.1) is 0 Å². The maximum Gasteiger partial charge on any atom is 0.306 e. The maximum absolute atomic E-state index is 12.8. The molecular weight excluding hydrogens is 701 g/mol. The van der Waals surface area contributed by atoms with Crippen molar-refractivity contribution in [3.63, 3.8) is 0 Å². The molecule has 2 N–H and O–H groups in total. The van der Waals surface area contributed by atoms with Gasteiger partial charge in [-0.05, 0) is 70.9 Å². The van der Waals surface area contributed by atoms with E-state index in [1.807, 2.05) is 0 Å². The van der Waals surface area contributed by atoms with Gasteiger partial charge < -0.3 is 24.6 Å². The zero-order valence-corrected chi connectivity index (χ0v) is 37.7. The van der Waals surface area contributed by atoms with Gasteiger partial charge in [0.15, 0.2) is 0 Å². The summed E-state index contributed by atoms with van der Waals surface area (Å²) >= 11 is 0. The van der Waals surface area contributed by atoms with Crippen LogP contribution in [0, 0.1) is 0 Å². The Morgan fingerprint density at radius 3 is 1.23 bits per heavy atom. The molecule has 0 aliphatic heterocycles. The van der Waals surface area contributed by atoms with Crippen molar-refractivity contribution < 1.29 is 29.3 Å². The molecule has 0 fully saturated rings. The number of ether oxygens (including phenoxy) is 2. The van der Waals surface area contributed by atoms with Gasteiger partial charge in [0.25, 0.3) is 0 Å². The smallest absolute Gasteiger partial charge is 0.306 e. The van der Waals surface area contributed by atoms with Crippen molar-refractivity contribution in [3.8, 4) is 0 Å². The van der Waals surface area contributed by atoms with E-state index in [1.165, 1.54) is 122 Å². The van der Waals surface area contributed by atoms with E-state index in [1.54, 1.807) is 0 Å². The predicted molar refractivity (Wildman–Crippen MR) is 237 cm³/mol. The monoisotopic (exact) mass is 797 g/mol. The lowest BCUT2D eigenvalue weighted by atomic mass is 10.0. The largest absolute Gasteiger partial charge is 0.466 e. The third-order valence-corrected chi connectivity index (χ3v) is 11.3. The summed E-state index contributed by atoms with van der Waals surface area (Å²) in [5.74, 6) is -0.0556. The van der Waals surface area contributed by atoms with Crippen molar-refractivity contribution in [1.82, 2.24) is 9.80 Å². The van der Waals surface area contributed by atoms with E-state index in [-0.39, 0.29) is 31.3 Å². The van der Waals surface area contributed by atoms with Gasteiger partial charge >= 0.3 is 11.9 Å². The van der Waals surface area contributed by atoms with Crippen LogP contribution in [-0.4, -0.2) is 97.1 Å². The molecule has 0 heterocycles. The normalized spacial score (nSPS) is 11.7. The SMILES string of the molecule is CCCCCCCCCCCOC(=O)CCCCCN(CCCCCCCC(=O)OC(CCCCCCCC)CCCCCCCC)CCN(CCO)CCO. The number of carbonyl (C=O) groups is 2. The van der Waals surface area contributed by atoms with Gasteiger partial charge in [-0.2, -0.15) is 0 Å². The first kappa shape index (κ1) is 54.8. The number of nitrogens with zero attached hydrogens (tertiary/aromatic N) is 2. The minimum Gasteiger partial charge on any atom is -0.466 e. The highest BCUT2D eigenvalue weighted by molar-refractivity contribution is 5.69. The minimum absolute atomic E-state index is 0.000481. The van der Waals surface area contributed by atoms with Gasteiger partial charge in [0, 0.05) is 39.0 Å². The van der Waals surface area contributed by atoms with Crippen LogP contribution in [0.3, 0.4) is 0 Å². The zero-order valence-electron chi connectivity index (χ0n) is 37.7. The molecule has 0 amide bonds. The van der Waals surface area contributed by atoms with Crippen LogP contribution in [-0.2, 0) is 19.1 Å². The third kappa shape index (κ3) is 39.6. The number of hydrogen-bond acceptors (Lipinski definition) is 8. The molecule has 0 spiro atoms. The number of hydrogen-bond donors (Lipinski definition) is 2. The summed E-state index contributed by atoms with van der Waals surface area (Å²) in [4.78, 5) is 29.7. The minimum atomic E-state index is -0.0560. The summed E-state index contributed by atoms with van der Waals surface area (Å²) in [5, 5.41) is 18.9. The highest BCUT2D eigenvalue weighted by Gasteiger charge is 2.15. The van der Waals surface area contributed by atoms with Crippen LogP contribution in [0.1, 0.15) is 233 Å². The molecule has 334 valence electrons. The second-order valence-electron chi connectivity index (χ2n) is 16.7. The molecule has 0 bridgehead atoms. The molecule has 0 radical (unpaired) electrons. The molecule has 0 unspecified atom stereocenters. The molecule has 8 nitrogen and oxygen atoms in total. The first-order valence-electron chi connectivity index (χ1n) is 24.5. The molecule has 0 rings (SSSR count). The fourth-order valence-electron chi connectivity index (χ4n) is 7.64. The lowest BCUT2D eigenvalue weighted by Crippen LogP contribution is -2.38. The Morgan fingerprint density at radius 2 is 0.768 bits per heavy atom. The van der Waals surface area contributed by atoms with Gasteiger partial charge in [0.05, 0.1) is 19.8 Å². The molecule has 0 atom stereocenters. The van der Waals surface area contributed by atoms with E-state index in [0.29, 0.717) is 32.5 Å². The number of aliphatic hydroxyl groups excluding tert-OH is 2. The van der Waals surface area contributed by atoms with Crippen molar-refractivity contribution in [1.29, 1.82) is 0 Å². The topological polar surface area (TPSA) is 99.5 Å². The summed E-state index contributed by atoms with van der Waals surface area (Å²) in [6, 6.07) is 0. The predicted octanol–water partition coefficient (Wildman–Crippen LogP) is 12.0. The molecule has 0 saturated heterocycles. The summed E-state index contributed by atoms with van der Waals surface area (Å²) in [5.41, 5.74) is 0. The average Bonchev–Trinajstić information content (AvgIpc) is 3.19. The molecule has 0 aromatic rings. The number of unbranched alkanes of at least 4 members (excludes halogenated alkanes) is 24. The first-order valence-corrected chi connectivity index (χ1v) is 24.5. The van der Waals surface area contributed by atoms with E-state index >= 15 is 0 Å². The number of aliphatic hydroxyl groups is 2. The molecule has 0 saturated carbocycles. The second kappa shape index (κ2) is 44.9. The molecule has 0 aliphatic rings. The second-order valence-corrected chi connectivity index (χ2v) is 16.7. The van der Waals surface area contributed by atoms with Crippen LogP contribution >= 0.6 is 0 Å². The lowest BCUT2D eigenvalue weighted by molar-refractivity contribution is -0.150. The Hall–Kier alpha value is -1.22. The molecule has 0 aromatic carbocycles. The van der Waals surface area contributed by atoms with Crippen LogP contribution in [0.15, 0.2) is 0 Å². The number of carbonyl (C=O) groups excluding carboxylic acids is 2. The van der Waals surface area contributed by atoms with Gasteiger partial charge in [0.2, 0.25) is 0 Å². The third-order valence-electron chi connectivity index (χ3n) is 11.3. The Bertz CT molecular complexity index is 793. The van der Waals surface area contributed by atoms with E-state index in [4.69, 9.17) is 9.47 Å². The standard InChI is InChI=1S/C48H96N2O6/c1-4-7-10-13-16-17-18-24-32-45-55-47(53)35-29-25-31-38-49(39-40-50(41-43-51)42-44-52)37-30-23-19-22-28-36-48(54)56-46(33-26-20-14-11-8-5-2)34-27-21-15-12-9-6-3/h46,51-52H,4-45H2,1-3H3. The lowest BCUT2D eigenvalue weighted by Gasteiger charge is -2.27. The molecular formula is C48H96N2O6. The van der Waals surface area contributed by atoms with Crippen molar-refractivity contribution >= 4 is 11.9 Å². The van der Waals surface area contributed by atoms with E-state index in [9.17, 15) is 19.8 Å². The fraction of sp³-hybridized carbons (Fsp3) is 0.958. The Kier molecular flexibility index (Phi) is 43.9. The summed E-state index contributed by atoms with van der Waals surface area (Å²) in [7, 11) is 0. The van der Waals surface area contributed by atoms with Crippen molar-refractivity contribution in [3.05, 3.63) is 0 Å². The highest BCUT2D eigenvalue weighted by Crippen LogP contribution is 2.19. The summed E-state index contributed by atoms with van der Waals surface area (Å²) < 4.78 is 11.6. The van der Waals surface area contributed by atoms with Crippen LogP contribution in [0.25, 0.3) is 0 Å². The number of rotatable bonds is 46. The van der Waals surface area contributed by atoms with Crippen molar-refractivity contribution in [2.45, 2.75) is 239 Å². The summed E-state index contributed by atoms with van der Waals surface area (Å²) in [6.45, 7) is 12.4.